The maximum atomic E-state index is 13.5. The van der Waals surface area contributed by atoms with Gasteiger partial charge in [0.2, 0.25) is 0 Å². The quantitative estimate of drug-likeness (QED) is 0.618. The fraction of sp³-hybridized carbons (Fsp3) is 0.231. The number of hydrogen-bond donors (Lipinski definition) is 1. The summed E-state index contributed by atoms with van der Waals surface area (Å²) in [5, 5.41) is 2.53. The smallest absolute Gasteiger partial charge is 0.261 e. The maximum absolute atomic E-state index is 13.5. The van der Waals surface area contributed by atoms with Crippen LogP contribution in [-0.2, 0) is 4.79 Å². The van der Waals surface area contributed by atoms with E-state index in [1.807, 2.05) is 0 Å². The van der Waals surface area contributed by atoms with Gasteiger partial charge in [0.1, 0.15) is 6.29 Å². The van der Waals surface area contributed by atoms with E-state index in [0.29, 0.717) is 12.8 Å². The molecular weight excluding hydrogens is 237 g/mol. The van der Waals surface area contributed by atoms with E-state index in [0.717, 1.165) is 6.07 Å². The van der Waals surface area contributed by atoms with Crippen molar-refractivity contribution in [2.45, 2.75) is 13.0 Å². The van der Waals surface area contributed by atoms with E-state index in [4.69, 9.17) is 4.74 Å². The number of amides is 1. The van der Waals surface area contributed by atoms with Crippen molar-refractivity contribution in [3.05, 3.63) is 42.2 Å². The lowest BCUT2D eigenvalue weighted by Crippen LogP contribution is -2.36. The molecule has 0 heterocycles. The number of carbonyl (C=O) groups is 2. The van der Waals surface area contributed by atoms with E-state index in [1.54, 1.807) is 0 Å². The Balaban J connectivity index is 2.69. The molecule has 0 aliphatic rings. The summed E-state index contributed by atoms with van der Waals surface area (Å²) in [6.07, 6.45) is 1.23. The first-order valence-electron chi connectivity index (χ1n) is 5.38. The maximum Gasteiger partial charge on any atom is 0.261 e. The van der Waals surface area contributed by atoms with E-state index in [1.165, 1.54) is 25.1 Å². The van der Waals surface area contributed by atoms with Gasteiger partial charge in [-0.25, -0.2) is 4.39 Å². The van der Waals surface area contributed by atoms with Gasteiger partial charge in [0, 0.05) is 12.1 Å². The summed E-state index contributed by atoms with van der Waals surface area (Å²) >= 11 is 0. The monoisotopic (exact) mass is 251 g/mol. The van der Waals surface area contributed by atoms with Crippen LogP contribution in [0.5, 0.6) is 5.75 Å². The van der Waals surface area contributed by atoms with E-state index < -0.39 is 11.9 Å². The van der Waals surface area contributed by atoms with Crippen LogP contribution in [0.3, 0.4) is 0 Å². The fourth-order valence-electron chi connectivity index (χ4n) is 1.25. The zero-order valence-electron chi connectivity index (χ0n) is 9.98. The molecular formula is C13H14FNO3. The Bertz CT molecular complexity index is 460. The first-order chi connectivity index (χ1) is 8.58. The minimum Gasteiger partial charge on any atom is -0.478 e. The van der Waals surface area contributed by atoms with Crippen LogP contribution in [0.15, 0.2) is 30.9 Å². The summed E-state index contributed by atoms with van der Waals surface area (Å²) in [6, 6.07) is 3.78. The lowest BCUT2D eigenvalue weighted by molar-refractivity contribution is -0.127. The average Bonchev–Trinajstić information content (AvgIpc) is 2.38. The molecule has 1 N–H and O–H groups in total. The number of rotatable bonds is 6. The lowest BCUT2D eigenvalue weighted by Gasteiger charge is -2.14. The third-order valence-corrected chi connectivity index (χ3v) is 2.19. The molecule has 1 rings (SSSR count). The van der Waals surface area contributed by atoms with Crippen molar-refractivity contribution >= 4 is 12.2 Å². The number of aldehydes is 1. The molecule has 0 radical (unpaired) electrons. The molecule has 4 nitrogen and oxygen atoms in total. The highest BCUT2D eigenvalue weighted by Gasteiger charge is 2.15. The van der Waals surface area contributed by atoms with Gasteiger partial charge in [0.05, 0.1) is 0 Å². The zero-order valence-corrected chi connectivity index (χ0v) is 9.98. The second-order valence-electron chi connectivity index (χ2n) is 3.60. The molecule has 0 aliphatic carbocycles. The molecule has 0 aliphatic heterocycles. The molecule has 0 spiro atoms. The van der Waals surface area contributed by atoms with Crippen molar-refractivity contribution in [2.75, 3.05) is 6.54 Å². The molecule has 0 fully saturated rings. The second-order valence-corrected chi connectivity index (χ2v) is 3.60. The van der Waals surface area contributed by atoms with Crippen LogP contribution >= 0.6 is 0 Å². The van der Waals surface area contributed by atoms with Crippen LogP contribution < -0.4 is 10.1 Å². The van der Waals surface area contributed by atoms with Crippen molar-refractivity contribution in [1.82, 2.24) is 5.32 Å². The number of halogens is 1. The average molecular weight is 251 g/mol. The zero-order chi connectivity index (χ0) is 13.5. The molecule has 1 aromatic rings. The van der Waals surface area contributed by atoms with Gasteiger partial charge in [0.25, 0.3) is 5.91 Å². The molecule has 0 saturated carbocycles. The van der Waals surface area contributed by atoms with Gasteiger partial charge < -0.3 is 10.1 Å². The molecule has 1 amide bonds. The van der Waals surface area contributed by atoms with Crippen LogP contribution in [0, 0.1) is 5.82 Å². The highest BCUT2D eigenvalue weighted by Crippen LogP contribution is 2.18. The summed E-state index contributed by atoms with van der Waals surface area (Å²) < 4.78 is 18.6. The molecule has 0 saturated heterocycles. The van der Waals surface area contributed by atoms with Gasteiger partial charge in [-0.05, 0) is 25.1 Å². The number of nitrogens with one attached hydrogen (secondary N) is 1. The topological polar surface area (TPSA) is 55.4 Å². The lowest BCUT2D eigenvalue weighted by atomic mass is 10.2. The summed E-state index contributed by atoms with van der Waals surface area (Å²) in [6.45, 7) is 5.28. The Hall–Kier alpha value is -2.17. The van der Waals surface area contributed by atoms with Gasteiger partial charge in [-0.1, -0.05) is 6.08 Å². The molecule has 1 unspecified atom stereocenters. The number of hydrogen-bond acceptors (Lipinski definition) is 3. The molecule has 0 aromatic heterocycles. The largest absolute Gasteiger partial charge is 0.478 e. The third kappa shape index (κ3) is 3.69. The van der Waals surface area contributed by atoms with Gasteiger partial charge in [0.15, 0.2) is 17.7 Å². The number of benzene rings is 1. The Labute approximate surface area is 104 Å². The fourth-order valence-corrected chi connectivity index (χ4v) is 1.25. The SMILES string of the molecule is C=CCNC(=O)C(C)Oc1ccc(C=O)cc1F. The first-order valence-corrected chi connectivity index (χ1v) is 5.38. The minimum atomic E-state index is -0.832. The molecule has 18 heavy (non-hydrogen) atoms. The second kappa shape index (κ2) is 6.54. The van der Waals surface area contributed by atoms with Gasteiger partial charge in [-0.2, -0.15) is 0 Å². The predicted octanol–water partition coefficient (Wildman–Crippen LogP) is 1.71. The van der Waals surface area contributed by atoms with Crippen molar-refractivity contribution in [3.63, 3.8) is 0 Å². The van der Waals surface area contributed by atoms with Gasteiger partial charge >= 0.3 is 0 Å². The highest BCUT2D eigenvalue weighted by molar-refractivity contribution is 5.81. The van der Waals surface area contributed by atoms with Crippen molar-refractivity contribution < 1.29 is 18.7 Å². The molecule has 1 atom stereocenters. The van der Waals surface area contributed by atoms with Gasteiger partial charge in [-0.3, -0.25) is 9.59 Å². The van der Waals surface area contributed by atoms with E-state index in [2.05, 4.69) is 11.9 Å². The predicted molar refractivity (Wildman–Crippen MR) is 65.1 cm³/mol. The van der Waals surface area contributed by atoms with E-state index in [9.17, 15) is 14.0 Å². The third-order valence-electron chi connectivity index (χ3n) is 2.19. The van der Waals surface area contributed by atoms with Crippen LogP contribution in [-0.4, -0.2) is 24.8 Å². The van der Waals surface area contributed by atoms with Gasteiger partial charge in [-0.15, -0.1) is 6.58 Å². The molecule has 96 valence electrons. The van der Waals surface area contributed by atoms with Crippen LogP contribution in [0.2, 0.25) is 0 Å². The Morgan fingerprint density at radius 1 is 1.61 bits per heavy atom. The van der Waals surface area contributed by atoms with Crippen LogP contribution in [0.25, 0.3) is 0 Å². The Kier molecular flexibility index (Phi) is 5.05. The highest BCUT2D eigenvalue weighted by atomic mass is 19.1. The van der Waals surface area contributed by atoms with E-state index in [-0.39, 0.29) is 17.2 Å². The summed E-state index contributed by atoms with van der Waals surface area (Å²) in [4.78, 5) is 21.9. The van der Waals surface area contributed by atoms with Crippen LogP contribution in [0.1, 0.15) is 17.3 Å². The van der Waals surface area contributed by atoms with Crippen molar-refractivity contribution in [3.8, 4) is 5.75 Å². The van der Waals surface area contributed by atoms with Crippen LogP contribution in [0.4, 0.5) is 4.39 Å². The minimum absolute atomic E-state index is 0.0677. The Morgan fingerprint density at radius 3 is 2.89 bits per heavy atom. The summed E-state index contributed by atoms with van der Waals surface area (Å²) in [7, 11) is 0. The first kappa shape index (κ1) is 13.9. The summed E-state index contributed by atoms with van der Waals surface area (Å²) in [5.41, 5.74) is 0.212. The normalized spacial score (nSPS) is 11.4. The molecule has 0 bridgehead atoms. The Morgan fingerprint density at radius 2 is 2.33 bits per heavy atom. The molecule has 5 heteroatoms. The standard InChI is InChI=1S/C13H14FNO3/c1-3-6-15-13(17)9(2)18-12-5-4-10(8-16)7-11(12)14/h3-5,7-9H,1,6H2,2H3,(H,15,17). The van der Waals surface area contributed by atoms with Crippen molar-refractivity contribution in [1.29, 1.82) is 0 Å². The number of ether oxygens (including phenoxy) is 1. The van der Waals surface area contributed by atoms with E-state index >= 15 is 0 Å². The van der Waals surface area contributed by atoms with Crippen molar-refractivity contribution in [2.24, 2.45) is 0 Å². The molecule has 1 aromatic carbocycles. The number of carbonyl (C=O) groups excluding carboxylic acids is 2. The summed E-state index contributed by atoms with van der Waals surface area (Å²) in [5.74, 6) is -1.11.